The number of anilines is 1. The predicted molar refractivity (Wildman–Crippen MR) is 78.6 cm³/mol. The number of phenolic OH excluding ortho intramolecular Hbond substituents is 2. The fourth-order valence-electron chi connectivity index (χ4n) is 1.65. The molecule has 2 aromatic rings. The van der Waals surface area contributed by atoms with E-state index in [1.54, 1.807) is 24.3 Å². The van der Waals surface area contributed by atoms with Crippen molar-refractivity contribution in [3.8, 4) is 11.5 Å². The van der Waals surface area contributed by atoms with Crippen LogP contribution < -0.4 is 5.32 Å². The van der Waals surface area contributed by atoms with Gasteiger partial charge in [0.25, 0.3) is 0 Å². The number of carbonyl (C=O) groups excluding carboxylic acids is 1. The average Bonchev–Trinajstić information content (AvgIpc) is 2.38. The molecule has 0 radical (unpaired) electrons. The third-order valence-electron chi connectivity index (χ3n) is 2.61. The van der Waals surface area contributed by atoms with Crippen LogP contribution in [0.3, 0.4) is 0 Å². The average molecular weight is 312 g/mol. The van der Waals surface area contributed by atoms with Gasteiger partial charge in [-0.15, -0.1) is 0 Å². The molecule has 0 atom stereocenters. The number of nitrogens with one attached hydrogen (secondary N) is 1. The fraction of sp³-hybridized carbons (Fsp3) is 0.0714. The maximum Gasteiger partial charge on any atom is 0.228 e. The molecule has 0 unspecified atom stereocenters. The summed E-state index contributed by atoms with van der Waals surface area (Å²) in [7, 11) is 0. The predicted octanol–water partition coefficient (Wildman–Crippen LogP) is 3.59. The second-order valence-corrected chi connectivity index (χ2v) is 5.02. The summed E-state index contributed by atoms with van der Waals surface area (Å²) in [4.78, 5) is 11.9. The van der Waals surface area contributed by atoms with E-state index in [1.807, 2.05) is 0 Å². The van der Waals surface area contributed by atoms with Crippen molar-refractivity contribution in [3.63, 3.8) is 0 Å². The maximum absolute atomic E-state index is 11.9. The monoisotopic (exact) mass is 311 g/mol. The molecule has 2 aromatic carbocycles. The van der Waals surface area contributed by atoms with Gasteiger partial charge in [0.05, 0.1) is 17.1 Å². The molecule has 0 aliphatic carbocycles. The zero-order valence-electron chi connectivity index (χ0n) is 10.2. The molecule has 2 rings (SSSR count). The van der Waals surface area contributed by atoms with Crippen molar-refractivity contribution in [2.24, 2.45) is 0 Å². The number of halogens is 2. The molecular weight excluding hydrogens is 301 g/mol. The van der Waals surface area contributed by atoms with E-state index in [4.69, 9.17) is 23.2 Å². The van der Waals surface area contributed by atoms with Gasteiger partial charge in [-0.2, -0.15) is 0 Å². The molecule has 0 spiro atoms. The molecule has 0 saturated carbocycles. The van der Waals surface area contributed by atoms with Gasteiger partial charge in [-0.3, -0.25) is 4.79 Å². The Balaban J connectivity index is 2.09. The first kappa shape index (κ1) is 14.5. The van der Waals surface area contributed by atoms with Crippen LogP contribution in [0.1, 0.15) is 5.56 Å². The minimum atomic E-state index is -0.306. The van der Waals surface area contributed by atoms with Gasteiger partial charge in [0, 0.05) is 5.02 Å². The van der Waals surface area contributed by atoms with Crippen LogP contribution in [-0.4, -0.2) is 16.1 Å². The number of benzene rings is 2. The van der Waals surface area contributed by atoms with Gasteiger partial charge in [-0.25, -0.2) is 0 Å². The largest absolute Gasteiger partial charge is 0.504 e. The normalized spacial score (nSPS) is 10.3. The summed E-state index contributed by atoms with van der Waals surface area (Å²) in [5.41, 5.74) is 0.989. The van der Waals surface area contributed by atoms with E-state index < -0.39 is 0 Å². The lowest BCUT2D eigenvalue weighted by Crippen LogP contribution is -2.14. The third kappa shape index (κ3) is 3.56. The van der Waals surface area contributed by atoms with Crippen molar-refractivity contribution in [2.75, 3.05) is 5.32 Å². The summed E-state index contributed by atoms with van der Waals surface area (Å²) in [6.45, 7) is 0. The summed E-state index contributed by atoms with van der Waals surface area (Å²) >= 11 is 11.8. The molecule has 3 N–H and O–H groups in total. The van der Waals surface area contributed by atoms with Crippen LogP contribution in [-0.2, 0) is 11.2 Å². The number of rotatable bonds is 3. The molecule has 0 fully saturated rings. The van der Waals surface area contributed by atoms with Gasteiger partial charge < -0.3 is 15.5 Å². The first-order valence-corrected chi connectivity index (χ1v) is 6.47. The van der Waals surface area contributed by atoms with E-state index in [2.05, 4.69) is 5.32 Å². The molecule has 0 bridgehead atoms. The molecule has 0 aliphatic heterocycles. The molecule has 104 valence electrons. The summed E-state index contributed by atoms with van der Waals surface area (Å²) in [6.07, 6.45) is 0.0384. The molecule has 1 amide bonds. The Hall–Kier alpha value is -1.91. The lowest BCUT2D eigenvalue weighted by atomic mass is 10.1. The Labute approximate surface area is 125 Å². The van der Waals surface area contributed by atoms with E-state index in [9.17, 15) is 15.0 Å². The van der Waals surface area contributed by atoms with E-state index >= 15 is 0 Å². The molecule has 0 aliphatic rings. The van der Waals surface area contributed by atoms with Crippen LogP contribution in [0.15, 0.2) is 36.4 Å². The van der Waals surface area contributed by atoms with E-state index in [0.29, 0.717) is 21.3 Å². The fourth-order valence-corrected chi connectivity index (χ4v) is 1.99. The first-order chi connectivity index (χ1) is 9.45. The summed E-state index contributed by atoms with van der Waals surface area (Å²) in [6, 6.07) is 8.96. The van der Waals surface area contributed by atoms with Gasteiger partial charge in [0.15, 0.2) is 11.5 Å². The number of amides is 1. The minimum absolute atomic E-state index is 0.0384. The van der Waals surface area contributed by atoms with Crippen molar-refractivity contribution in [3.05, 3.63) is 52.0 Å². The Morgan fingerprint density at radius 1 is 1.05 bits per heavy atom. The van der Waals surface area contributed by atoms with Crippen molar-refractivity contribution < 1.29 is 15.0 Å². The van der Waals surface area contributed by atoms with Crippen molar-refractivity contribution in [1.29, 1.82) is 0 Å². The maximum atomic E-state index is 11.9. The number of aromatic hydroxyl groups is 2. The quantitative estimate of drug-likeness (QED) is 0.759. The zero-order valence-corrected chi connectivity index (χ0v) is 11.7. The first-order valence-electron chi connectivity index (χ1n) is 5.71. The van der Waals surface area contributed by atoms with Crippen molar-refractivity contribution in [1.82, 2.24) is 0 Å². The molecule has 0 saturated heterocycles. The second kappa shape index (κ2) is 6.03. The highest BCUT2D eigenvalue weighted by molar-refractivity contribution is 6.35. The van der Waals surface area contributed by atoms with Crippen LogP contribution in [0.2, 0.25) is 10.0 Å². The number of phenols is 2. The van der Waals surface area contributed by atoms with Gasteiger partial charge >= 0.3 is 0 Å². The highest BCUT2D eigenvalue weighted by Crippen LogP contribution is 2.27. The third-order valence-corrected chi connectivity index (χ3v) is 3.17. The topological polar surface area (TPSA) is 69.6 Å². The number of hydrogen-bond donors (Lipinski definition) is 3. The SMILES string of the molecule is O=C(Cc1ccc(O)c(O)c1)Nc1cc(Cl)ccc1Cl. The molecule has 6 heteroatoms. The van der Waals surface area contributed by atoms with Crippen LogP contribution in [0.4, 0.5) is 5.69 Å². The molecule has 20 heavy (non-hydrogen) atoms. The van der Waals surface area contributed by atoms with Gasteiger partial charge in [0.2, 0.25) is 5.91 Å². The van der Waals surface area contributed by atoms with Crippen LogP contribution in [0.25, 0.3) is 0 Å². The summed E-state index contributed by atoms with van der Waals surface area (Å²) in [5, 5.41) is 22.0. The van der Waals surface area contributed by atoms with Crippen molar-refractivity contribution >= 4 is 34.8 Å². The lowest BCUT2D eigenvalue weighted by molar-refractivity contribution is -0.115. The van der Waals surface area contributed by atoms with E-state index in [0.717, 1.165) is 0 Å². The Morgan fingerprint density at radius 3 is 2.50 bits per heavy atom. The highest BCUT2D eigenvalue weighted by Gasteiger charge is 2.09. The Morgan fingerprint density at radius 2 is 1.80 bits per heavy atom. The smallest absolute Gasteiger partial charge is 0.228 e. The second-order valence-electron chi connectivity index (χ2n) is 4.17. The molecule has 0 aromatic heterocycles. The van der Waals surface area contributed by atoms with Crippen LogP contribution in [0, 0.1) is 0 Å². The minimum Gasteiger partial charge on any atom is -0.504 e. The highest BCUT2D eigenvalue weighted by atomic mass is 35.5. The standard InChI is InChI=1S/C14H11Cl2NO3/c15-9-2-3-10(16)11(7-9)17-14(20)6-8-1-4-12(18)13(19)5-8/h1-5,7,18-19H,6H2,(H,17,20). The van der Waals surface area contributed by atoms with Gasteiger partial charge in [0.1, 0.15) is 0 Å². The number of hydrogen-bond acceptors (Lipinski definition) is 3. The van der Waals surface area contributed by atoms with Crippen LogP contribution >= 0.6 is 23.2 Å². The zero-order chi connectivity index (χ0) is 14.7. The van der Waals surface area contributed by atoms with E-state index in [-0.39, 0.29) is 23.8 Å². The van der Waals surface area contributed by atoms with Crippen LogP contribution in [0.5, 0.6) is 11.5 Å². The summed E-state index contributed by atoms with van der Waals surface area (Å²) in [5.74, 6) is -0.803. The number of carbonyl (C=O) groups is 1. The van der Waals surface area contributed by atoms with Gasteiger partial charge in [-0.1, -0.05) is 29.3 Å². The van der Waals surface area contributed by atoms with Gasteiger partial charge in [-0.05, 0) is 35.9 Å². The van der Waals surface area contributed by atoms with Crippen molar-refractivity contribution in [2.45, 2.75) is 6.42 Å². The molecular formula is C14H11Cl2NO3. The molecule has 0 heterocycles. The van der Waals surface area contributed by atoms with E-state index in [1.165, 1.54) is 12.1 Å². The molecule has 4 nitrogen and oxygen atoms in total. The Bertz CT molecular complexity index is 659. The lowest BCUT2D eigenvalue weighted by Gasteiger charge is -2.08. The summed E-state index contributed by atoms with van der Waals surface area (Å²) < 4.78 is 0. The Kier molecular flexibility index (Phi) is 4.37.